The van der Waals surface area contributed by atoms with E-state index in [0.717, 1.165) is 0 Å². The lowest BCUT2D eigenvalue weighted by Gasteiger charge is -2.07. The monoisotopic (exact) mass is 461 g/mol. The standard InChI is InChI=1S/C21H17Cl2N3O5/c1-2-30-21(29)17-18(12-3-7-14(22)8-4-12)26-31-20(17)25-16(27)11-24-19(28)13-5-9-15(23)10-6-13/h3-10H,2,11H2,1H3,(H,24,28)(H,25,27). The number of nitrogens with one attached hydrogen (secondary N) is 2. The number of anilines is 1. The van der Waals surface area contributed by atoms with Crippen molar-refractivity contribution in [2.24, 2.45) is 0 Å². The summed E-state index contributed by atoms with van der Waals surface area (Å²) in [5.74, 6) is -1.98. The third-order valence-electron chi connectivity index (χ3n) is 4.06. The van der Waals surface area contributed by atoms with Gasteiger partial charge in [0.15, 0.2) is 5.56 Å². The largest absolute Gasteiger partial charge is 0.462 e. The van der Waals surface area contributed by atoms with E-state index in [2.05, 4.69) is 15.8 Å². The van der Waals surface area contributed by atoms with E-state index < -0.39 is 17.8 Å². The fourth-order valence-electron chi connectivity index (χ4n) is 2.61. The smallest absolute Gasteiger partial charge is 0.346 e. The van der Waals surface area contributed by atoms with Crippen molar-refractivity contribution in [2.45, 2.75) is 6.92 Å². The SMILES string of the molecule is CCOC(=O)c1c(-c2ccc(Cl)cc2)noc1NC(=O)CNC(=O)c1ccc(Cl)cc1. The minimum absolute atomic E-state index is 0.0402. The number of hydrogen-bond acceptors (Lipinski definition) is 6. The Morgan fingerprint density at radius 2 is 1.61 bits per heavy atom. The quantitative estimate of drug-likeness (QED) is 0.510. The average Bonchev–Trinajstić information content (AvgIpc) is 3.16. The van der Waals surface area contributed by atoms with Gasteiger partial charge in [-0.05, 0) is 43.3 Å². The summed E-state index contributed by atoms with van der Waals surface area (Å²) in [6.07, 6.45) is 0. The molecular weight excluding hydrogens is 445 g/mol. The second-order valence-electron chi connectivity index (χ2n) is 6.20. The fourth-order valence-corrected chi connectivity index (χ4v) is 2.86. The topological polar surface area (TPSA) is 111 Å². The van der Waals surface area contributed by atoms with E-state index in [4.69, 9.17) is 32.5 Å². The molecule has 0 saturated heterocycles. The van der Waals surface area contributed by atoms with Crippen LogP contribution < -0.4 is 10.6 Å². The number of nitrogens with zero attached hydrogens (tertiary/aromatic N) is 1. The molecule has 0 fully saturated rings. The predicted molar refractivity (Wildman–Crippen MR) is 115 cm³/mol. The summed E-state index contributed by atoms with van der Waals surface area (Å²) in [7, 11) is 0. The van der Waals surface area contributed by atoms with Gasteiger partial charge in [-0.25, -0.2) is 4.79 Å². The third kappa shape index (κ3) is 5.62. The molecule has 2 N–H and O–H groups in total. The maximum atomic E-state index is 12.5. The molecule has 160 valence electrons. The summed E-state index contributed by atoms with van der Waals surface area (Å²) in [4.78, 5) is 36.9. The van der Waals surface area contributed by atoms with Gasteiger partial charge in [0.2, 0.25) is 11.8 Å². The Kier molecular flexibility index (Phi) is 7.28. The van der Waals surface area contributed by atoms with Gasteiger partial charge >= 0.3 is 5.97 Å². The lowest BCUT2D eigenvalue weighted by atomic mass is 10.1. The van der Waals surface area contributed by atoms with Gasteiger partial charge in [0.05, 0.1) is 13.2 Å². The number of rotatable bonds is 7. The van der Waals surface area contributed by atoms with E-state index in [1.807, 2.05) is 0 Å². The van der Waals surface area contributed by atoms with Crippen molar-refractivity contribution >= 4 is 46.9 Å². The maximum Gasteiger partial charge on any atom is 0.346 e. The summed E-state index contributed by atoms with van der Waals surface area (Å²) in [5.41, 5.74) is 1.04. The number of hydrogen-bond donors (Lipinski definition) is 2. The van der Waals surface area contributed by atoms with Crippen LogP contribution in [-0.2, 0) is 9.53 Å². The molecule has 2 amide bonds. The van der Waals surface area contributed by atoms with Crippen molar-refractivity contribution in [3.05, 3.63) is 69.7 Å². The van der Waals surface area contributed by atoms with Crippen LogP contribution in [0.4, 0.5) is 5.88 Å². The highest BCUT2D eigenvalue weighted by Gasteiger charge is 2.26. The van der Waals surface area contributed by atoms with Crippen molar-refractivity contribution in [3.8, 4) is 11.3 Å². The van der Waals surface area contributed by atoms with Gasteiger partial charge in [-0.2, -0.15) is 0 Å². The van der Waals surface area contributed by atoms with Crippen LogP contribution in [0.2, 0.25) is 10.0 Å². The molecule has 3 rings (SSSR count). The van der Waals surface area contributed by atoms with Crippen molar-refractivity contribution in [1.29, 1.82) is 0 Å². The first-order valence-corrected chi connectivity index (χ1v) is 9.91. The van der Waals surface area contributed by atoms with Crippen molar-refractivity contribution < 1.29 is 23.6 Å². The maximum absolute atomic E-state index is 12.5. The fraction of sp³-hybridized carbons (Fsp3) is 0.143. The van der Waals surface area contributed by atoms with Gasteiger partial charge in [0, 0.05) is 21.2 Å². The van der Waals surface area contributed by atoms with Crippen LogP contribution in [0, 0.1) is 0 Å². The van der Waals surface area contributed by atoms with E-state index in [0.29, 0.717) is 21.2 Å². The highest BCUT2D eigenvalue weighted by Crippen LogP contribution is 2.30. The number of aromatic nitrogens is 1. The first-order chi connectivity index (χ1) is 14.9. The lowest BCUT2D eigenvalue weighted by Crippen LogP contribution is -2.33. The number of carbonyl (C=O) groups excluding carboxylic acids is 3. The average molecular weight is 462 g/mol. The zero-order valence-corrected chi connectivity index (χ0v) is 17.8. The Bertz CT molecular complexity index is 1100. The van der Waals surface area contributed by atoms with Gasteiger partial charge in [0.1, 0.15) is 5.69 Å². The van der Waals surface area contributed by atoms with Crippen LogP contribution in [-0.4, -0.2) is 36.1 Å². The molecule has 8 nitrogen and oxygen atoms in total. The molecular formula is C21H17Cl2N3O5. The normalized spacial score (nSPS) is 10.4. The molecule has 31 heavy (non-hydrogen) atoms. The predicted octanol–water partition coefficient (Wildman–Crippen LogP) is 4.19. The van der Waals surface area contributed by atoms with Crippen LogP contribution in [0.5, 0.6) is 0 Å². The molecule has 0 atom stereocenters. The highest BCUT2D eigenvalue weighted by atomic mass is 35.5. The summed E-state index contributed by atoms with van der Waals surface area (Å²) >= 11 is 11.7. The molecule has 0 spiro atoms. The van der Waals surface area contributed by atoms with Crippen molar-refractivity contribution in [2.75, 3.05) is 18.5 Å². The van der Waals surface area contributed by atoms with E-state index in [1.54, 1.807) is 43.3 Å². The van der Waals surface area contributed by atoms with Gasteiger partial charge in [-0.1, -0.05) is 40.5 Å². The summed E-state index contributed by atoms with van der Waals surface area (Å²) in [6.45, 7) is 1.41. The highest BCUT2D eigenvalue weighted by molar-refractivity contribution is 6.31. The van der Waals surface area contributed by atoms with Crippen LogP contribution in [0.25, 0.3) is 11.3 Å². The third-order valence-corrected chi connectivity index (χ3v) is 4.56. The molecule has 0 radical (unpaired) electrons. The Morgan fingerprint density at radius 3 is 2.23 bits per heavy atom. The molecule has 2 aromatic carbocycles. The molecule has 0 saturated carbocycles. The number of carbonyl (C=O) groups is 3. The van der Waals surface area contributed by atoms with Crippen LogP contribution >= 0.6 is 23.2 Å². The summed E-state index contributed by atoms with van der Waals surface area (Å²) < 4.78 is 10.2. The second-order valence-corrected chi connectivity index (χ2v) is 7.07. The molecule has 0 aliphatic rings. The van der Waals surface area contributed by atoms with E-state index in [1.165, 1.54) is 12.1 Å². The van der Waals surface area contributed by atoms with E-state index in [-0.39, 0.29) is 30.3 Å². The number of halogens is 2. The summed E-state index contributed by atoms with van der Waals surface area (Å²) in [5, 5.41) is 9.79. The van der Waals surface area contributed by atoms with Crippen LogP contribution in [0.3, 0.4) is 0 Å². The first kappa shape index (κ1) is 22.3. The molecule has 10 heteroatoms. The number of ether oxygens (including phenoxy) is 1. The van der Waals surface area contributed by atoms with Crippen molar-refractivity contribution in [3.63, 3.8) is 0 Å². The Balaban J connectivity index is 1.74. The van der Waals surface area contributed by atoms with Gasteiger partial charge in [0.25, 0.3) is 5.91 Å². The van der Waals surface area contributed by atoms with Gasteiger partial charge < -0.3 is 14.6 Å². The molecule has 0 aliphatic carbocycles. The van der Waals surface area contributed by atoms with Crippen LogP contribution in [0.1, 0.15) is 27.6 Å². The van der Waals surface area contributed by atoms with Gasteiger partial charge in [-0.3, -0.25) is 14.9 Å². The van der Waals surface area contributed by atoms with Gasteiger partial charge in [-0.15, -0.1) is 0 Å². The number of amides is 2. The molecule has 1 aromatic heterocycles. The Hall–Kier alpha value is -3.36. The van der Waals surface area contributed by atoms with Crippen molar-refractivity contribution in [1.82, 2.24) is 10.5 Å². The number of benzene rings is 2. The minimum atomic E-state index is -0.714. The zero-order chi connectivity index (χ0) is 22.4. The van der Waals surface area contributed by atoms with E-state index in [9.17, 15) is 14.4 Å². The number of esters is 1. The summed E-state index contributed by atoms with van der Waals surface area (Å²) in [6, 6.07) is 12.8. The molecule has 3 aromatic rings. The zero-order valence-electron chi connectivity index (χ0n) is 16.3. The molecule has 0 aliphatic heterocycles. The first-order valence-electron chi connectivity index (χ1n) is 9.15. The second kappa shape index (κ2) is 10.1. The Morgan fingerprint density at radius 1 is 1.00 bits per heavy atom. The Labute approximate surface area is 187 Å². The molecule has 1 heterocycles. The van der Waals surface area contributed by atoms with Crippen LogP contribution in [0.15, 0.2) is 53.1 Å². The molecule has 0 bridgehead atoms. The minimum Gasteiger partial charge on any atom is -0.462 e. The lowest BCUT2D eigenvalue weighted by molar-refractivity contribution is -0.115. The van der Waals surface area contributed by atoms with E-state index >= 15 is 0 Å². The molecule has 0 unspecified atom stereocenters.